The summed E-state index contributed by atoms with van der Waals surface area (Å²) in [6, 6.07) is 0. The summed E-state index contributed by atoms with van der Waals surface area (Å²) in [4.78, 5) is 10.4. The van der Waals surface area contributed by atoms with Crippen molar-refractivity contribution in [1.82, 2.24) is 0 Å². The molecule has 0 rings (SSSR count). The first kappa shape index (κ1) is 13.1. The molecule has 0 aromatic carbocycles. The van der Waals surface area contributed by atoms with Crippen molar-refractivity contribution < 1.29 is 27.1 Å². The van der Waals surface area contributed by atoms with Crippen molar-refractivity contribution in [1.29, 1.82) is 0 Å². The molecule has 0 aromatic heterocycles. The van der Waals surface area contributed by atoms with E-state index < -0.39 is 22.5 Å². The molecule has 0 saturated carbocycles. The summed E-state index contributed by atoms with van der Waals surface area (Å²) in [5.74, 6) is -1.16. The quantitative estimate of drug-likeness (QED) is 0.524. The lowest BCUT2D eigenvalue weighted by molar-refractivity contribution is -0.132. The third-order valence-electron chi connectivity index (χ3n) is 1.42. The molecule has 0 amide bonds. The Kier molecular flexibility index (Phi) is 4.75. The minimum absolute atomic E-state index is 0.0412. The fourth-order valence-corrected chi connectivity index (χ4v) is 1.22. The second kappa shape index (κ2) is 5.08. The topological polar surface area (TPSA) is 101 Å². The maximum atomic E-state index is 10.4. The van der Waals surface area contributed by atoms with Gasteiger partial charge in [-0.15, -0.1) is 0 Å². The Morgan fingerprint density at radius 2 is 2.07 bits per heavy atom. The predicted molar refractivity (Wildman–Crippen MR) is 48.1 cm³/mol. The molecule has 6 nitrogen and oxygen atoms in total. The summed E-state index contributed by atoms with van der Waals surface area (Å²) in [6.45, 7) is 2.90. The average Bonchev–Trinajstić information content (AvgIpc) is 2.00. The van der Waals surface area contributed by atoms with Crippen LogP contribution < -0.4 is 0 Å². The van der Waals surface area contributed by atoms with Gasteiger partial charge in [-0.3, -0.25) is 4.55 Å². The highest BCUT2D eigenvalue weighted by Crippen LogP contribution is 2.07. The van der Waals surface area contributed by atoms with Gasteiger partial charge < -0.3 is 5.11 Å². The Hall–Kier alpha value is -0.920. The molecule has 0 heterocycles. The zero-order chi connectivity index (χ0) is 11.4. The van der Waals surface area contributed by atoms with Gasteiger partial charge in [-0.25, -0.2) is 8.98 Å². The summed E-state index contributed by atoms with van der Waals surface area (Å²) in [6.07, 6.45) is 0.404. The first-order chi connectivity index (χ1) is 6.26. The molecule has 0 aliphatic heterocycles. The number of hydrogen-bond donors (Lipinski definition) is 2. The monoisotopic (exact) mass is 224 g/mol. The Balaban J connectivity index is 4.60. The standard InChI is InChI=1S/C7H12O6S/c1-3-6(13-14(10,11)12)4-5(2)7(8)9/h4,6H,3H2,1-2H3,(H,8,9)(H,10,11,12). The summed E-state index contributed by atoms with van der Waals surface area (Å²) in [5, 5.41) is 8.49. The Morgan fingerprint density at radius 3 is 2.36 bits per heavy atom. The number of aliphatic carboxylic acids is 1. The van der Waals surface area contributed by atoms with E-state index in [1.165, 1.54) is 6.92 Å². The van der Waals surface area contributed by atoms with E-state index in [0.717, 1.165) is 6.08 Å². The fraction of sp³-hybridized carbons (Fsp3) is 0.571. The van der Waals surface area contributed by atoms with Crippen LogP contribution in [0.2, 0.25) is 0 Å². The number of carboxylic acids is 1. The largest absolute Gasteiger partial charge is 0.478 e. The molecule has 82 valence electrons. The SMILES string of the molecule is CCC(C=C(C)C(=O)O)OS(=O)(=O)O. The van der Waals surface area contributed by atoms with Gasteiger partial charge in [0.05, 0.1) is 6.10 Å². The van der Waals surface area contributed by atoms with Gasteiger partial charge in [-0.05, 0) is 19.4 Å². The van der Waals surface area contributed by atoms with Crippen LogP contribution in [0.5, 0.6) is 0 Å². The van der Waals surface area contributed by atoms with E-state index in [1.54, 1.807) is 6.92 Å². The molecule has 0 radical (unpaired) electrons. The number of rotatable bonds is 5. The molecule has 1 atom stereocenters. The maximum Gasteiger partial charge on any atom is 0.397 e. The highest BCUT2D eigenvalue weighted by molar-refractivity contribution is 7.80. The van der Waals surface area contributed by atoms with Crippen LogP contribution >= 0.6 is 0 Å². The van der Waals surface area contributed by atoms with Gasteiger partial charge in [0.25, 0.3) is 0 Å². The molecule has 0 saturated heterocycles. The van der Waals surface area contributed by atoms with E-state index in [0.29, 0.717) is 0 Å². The van der Waals surface area contributed by atoms with Crippen molar-refractivity contribution in [2.75, 3.05) is 0 Å². The third-order valence-corrected chi connectivity index (χ3v) is 1.91. The van der Waals surface area contributed by atoms with Gasteiger partial charge in [0.15, 0.2) is 0 Å². The van der Waals surface area contributed by atoms with E-state index in [2.05, 4.69) is 4.18 Å². The molecule has 0 bridgehead atoms. The van der Waals surface area contributed by atoms with E-state index in [4.69, 9.17) is 9.66 Å². The number of carboxylic acid groups (broad SMARTS) is 1. The molecule has 0 aromatic rings. The number of carbonyl (C=O) groups is 1. The average molecular weight is 224 g/mol. The molecule has 1 unspecified atom stereocenters. The third kappa shape index (κ3) is 5.68. The smallest absolute Gasteiger partial charge is 0.397 e. The highest BCUT2D eigenvalue weighted by atomic mass is 32.3. The van der Waals surface area contributed by atoms with Crippen LogP contribution in [0.15, 0.2) is 11.6 Å². The van der Waals surface area contributed by atoms with Crippen LogP contribution in [0.4, 0.5) is 0 Å². The molecule has 14 heavy (non-hydrogen) atoms. The maximum absolute atomic E-state index is 10.4. The first-order valence-corrected chi connectivity index (χ1v) is 5.20. The van der Waals surface area contributed by atoms with Gasteiger partial charge in [-0.2, -0.15) is 8.42 Å². The van der Waals surface area contributed by atoms with Gasteiger partial charge in [0, 0.05) is 5.57 Å². The molecular weight excluding hydrogens is 212 g/mol. The van der Waals surface area contributed by atoms with Crippen LogP contribution in [-0.2, 0) is 19.4 Å². The second-order valence-electron chi connectivity index (χ2n) is 2.63. The van der Waals surface area contributed by atoms with E-state index in [1.807, 2.05) is 0 Å². The highest BCUT2D eigenvalue weighted by Gasteiger charge is 2.14. The van der Waals surface area contributed by atoms with Crippen molar-refractivity contribution in [2.24, 2.45) is 0 Å². The van der Waals surface area contributed by atoms with Gasteiger partial charge in [-0.1, -0.05) is 6.92 Å². The lowest BCUT2D eigenvalue weighted by atomic mass is 10.2. The summed E-state index contributed by atoms with van der Waals surface area (Å²) >= 11 is 0. The predicted octanol–water partition coefficient (Wildman–Crippen LogP) is 0.615. The Morgan fingerprint density at radius 1 is 1.57 bits per heavy atom. The van der Waals surface area contributed by atoms with Gasteiger partial charge in [0.1, 0.15) is 0 Å². The van der Waals surface area contributed by atoms with Crippen molar-refractivity contribution in [3.05, 3.63) is 11.6 Å². The molecular formula is C7H12O6S. The van der Waals surface area contributed by atoms with Crippen molar-refractivity contribution in [3.8, 4) is 0 Å². The van der Waals surface area contributed by atoms with Crippen molar-refractivity contribution >= 4 is 16.4 Å². The summed E-state index contributed by atoms with van der Waals surface area (Å²) < 4.78 is 33.2. The minimum Gasteiger partial charge on any atom is -0.478 e. The molecule has 0 fully saturated rings. The number of hydrogen-bond acceptors (Lipinski definition) is 4. The van der Waals surface area contributed by atoms with Crippen molar-refractivity contribution in [3.63, 3.8) is 0 Å². The zero-order valence-corrected chi connectivity index (χ0v) is 8.61. The lowest BCUT2D eigenvalue weighted by Gasteiger charge is -2.08. The van der Waals surface area contributed by atoms with Crippen LogP contribution in [0.1, 0.15) is 20.3 Å². The van der Waals surface area contributed by atoms with E-state index in [-0.39, 0.29) is 12.0 Å². The van der Waals surface area contributed by atoms with Gasteiger partial charge in [0.2, 0.25) is 0 Å². The van der Waals surface area contributed by atoms with E-state index >= 15 is 0 Å². The van der Waals surface area contributed by atoms with Crippen LogP contribution in [0, 0.1) is 0 Å². The molecule has 0 spiro atoms. The minimum atomic E-state index is -4.54. The van der Waals surface area contributed by atoms with Crippen LogP contribution in [0.25, 0.3) is 0 Å². The summed E-state index contributed by atoms with van der Waals surface area (Å²) in [5.41, 5.74) is -0.0412. The second-order valence-corrected chi connectivity index (χ2v) is 3.67. The Labute approximate surface area is 82.1 Å². The molecule has 2 N–H and O–H groups in total. The zero-order valence-electron chi connectivity index (χ0n) is 7.80. The molecule has 0 aliphatic rings. The summed E-state index contributed by atoms with van der Waals surface area (Å²) in [7, 11) is -4.54. The normalized spacial score (nSPS) is 15.2. The van der Waals surface area contributed by atoms with Crippen molar-refractivity contribution in [2.45, 2.75) is 26.4 Å². The molecule has 0 aliphatic carbocycles. The lowest BCUT2D eigenvalue weighted by Crippen LogP contribution is -2.16. The van der Waals surface area contributed by atoms with Crippen LogP contribution in [0.3, 0.4) is 0 Å². The van der Waals surface area contributed by atoms with Crippen LogP contribution in [-0.4, -0.2) is 30.2 Å². The fourth-order valence-electron chi connectivity index (χ4n) is 0.720. The van der Waals surface area contributed by atoms with Gasteiger partial charge >= 0.3 is 16.4 Å². The molecule has 7 heteroatoms. The van der Waals surface area contributed by atoms with E-state index in [9.17, 15) is 13.2 Å². The first-order valence-electron chi connectivity index (χ1n) is 3.83. The Bertz CT molecular complexity index is 328.